The van der Waals surface area contributed by atoms with Crippen molar-refractivity contribution in [3.05, 3.63) is 15.8 Å². The van der Waals surface area contributed by atoms with Crippen LogP contribution in [0, 0.1) is 17.0 Å². The van der Waals surface area contributed by atoms with E-state index in [1.54, 1.807) is 11.6 Å². The lowest BCUT2D eigenvalue weighted by molar-refractivity contribution is -0.384. The highest BCUT2D eigenvalue weighted by molar-refractivity contribution is 5.61. The smallest absolute Gasteiger partial charge is 0.333 e. The zero-order valence-electron chi connectivity index (χ0n) is 13.0. The molecule has 1 atom stereocenters. The second-order valence-corrected chi connectivity index (χ2v) is 5.63. The van der Waals surface area contributed by atoms with Crippen LogP contribution in [0.2, 0.25) is 0 Å². The number of aryl methyl sites for hydroxylation is 1. The zero-order valence-corrected chi connectivity index (χ0v) is 13.0. The molecule has 1 fully saturated rings. The summed E-state index contributed by atoms with van der Waals surface area (Å²) in [6, 6.07) is 0.0558. The maximum absolute atomic E-state index is 11.4. The van der Waals surface area contributed by atoms with Crippen LogP contribution in [-0.4, -0.2) is 54.1 Å². The second kappa shape index (κ2) is 6.40. The van der Waals surface area contributed by atoms with Crippen LogP contribution in [0.3, 0.4) is 0 Å². The first kappa shape index (κ1) is 15.7. The van der Waals surface area contributed by atoms with Crippen LogP contribution >= 0.6 is 0 Å². The topological polar surface area (TPSA) is 85.5 Å². The monoisotopic (exact) mass is 297 g/mol. The van der Waals surface area contributed by atoms with E-state index in [1.165, 1.54) is 0 Å². The van der Waals surface area contributed by atoms with Gasteiger partial charge in [-0.3, -0.25) is 10.1 Å². The summed E-state index contributed by atoms with van der Waals surface area (Å²) in [6.07, 6.45) is 0.0270. The van der Waals surface area contributed by atoms with E-state index in [2.05, 4.69) is 10.4 Å². The fourth-order valence-electron chi connectivity index (χ4n) is 2.59. The molecule has 0 amide bonds. The Labute approximate surface area is 124 Å². The molecule has 0 saturated carbocycles. The van der Waals surface area contributed by atoms with Crippen molar-refractivity contribution in [3.8, 4) is 0 Å². The predicted molar refractivity (Wildman–Crippen MR) is 79.9 cm³/mol. The van der Waals surface area contributed by atoms with Crippen molar-refractivity contribution < 1.29 is 9.66 Å². The summed E-state index contributed by atoms with van der Waals surface area (Å²) < 4.78 is 7.39. The summed E-state index contributed by atoms with van der Waals surface area (Å²) in [5.41, 5.74) is 0.521. The van der Waals surface area contributed by atoms with E-state index >= 15 is 0 Å². The third-order valence-corrected chi connectivity index (χ3v) is 3.54. The lowest BCUT2D eigenvalue weighted by Crippen LogP contribution is -2.45. The molecule has 0 radical (unpaired) electrons. The third kappa shape index (κ3) is 3.33. The summed E-state index contributed by atoms with van der Waals surface area (Å²) in [6.45, 7) is 8.47. The van der Waals surface area contributed by atoms with Gasteiger partial charge in [0, 0.05) is 32.7 Å². The van der Waals surface area contributed by atoms with Gasteiger partial charge >= 0.3 is 5.69 Å². The third-order valence-electron chi connectivity index (χ3n) is 3.54. The number of aromatic nitrogens is 2. The Bertz CT molecular complexity index is 508. The molecule has 21 heavy (non-hydrogen) atoms. The van der Waals surface area contributed by atoms with Crippen molar-refractivity contribution in [1.82, 2.24) is 15.1 Å². The average Bonchev–Trinajstić information content (AvgIpc) is 2.78. The summed E-state index contributed by atoms with van der Waals surface area (Å²) in [4.78, 5) is 12.9. The lowest BCUT2D eigenvalue weighted by Gasteiger charge is -2.29. The van der Waals surface area contributed by atoms with Gasteiger partial charge in [-0.25, -0.2) is 4.68 Å². The van der Waals surface area contributed by atoms with Gasteiger partial charge < -0.3 is 15.0 Å². The minimum atomic E-state index is -0.354. The van der Waals surface area contributed by atoms with Gasteiger partial charge in [0.15, 0.2) is 0 Å². The predicted octanol–water partition coefficient (Wildman–Crippen LogP) is 1.11. The molecular weight excluding hydrogens is 274 g/mol. The highest BCUT2D eigenvalue weighted by Gasteiger charge is 2.30. The van der Waals surface area contributed by atoms with E-state index < -0.39 is 0 Å². The summed E-state index contributed by atoms with van der Waals surface area (Å²) >= 11 is 0. The van der Waals surface area contributed by atoms with Crippen molar-refractivity contribution >= 4 is 11.5 Å². The standard InChI is InChI=1S/C13H23N5O3/c1-9(2)17-13(12(18(19)20)10(3)15-17)16(4)8-11-7-14-5-6-21-11/h9,11,14H,5-8H2,1-4H3. The summed E-state index contributed by atoms with van der Waals surface area (Å²) in [5, 5.41) is 18.9. The molecule has 0 bridgehead atoms. The molecule has 1 N–H and O–H groups in total. The number of nitro groups is 1. The van der Waals surface area contributed by atoms with E-state index in [9.17, 15) is 10.1 Å². The van der Waals surface area contributed by atoms with Crippen molar-refractivity contribution in [3.63, 3.8) is 0 Å². The van der Waals surface area contributed by atoms with Crippen LogP contribution in [0.15, 0.2) is 0 Å². The van der Waals surface area contributed by atoms with Crippen LogP contribution in [0.25, 0.3) is 0 Å². The summed E-state index contributed by atoms with van der Waals surface area (Å²) in [7, 11) is 1.85. The molecule has 2 rings (SSSR count). The Morgan fingerprint density at radius 1 is 1.62 bits per heavy atom. The van der Waals surface area contributed by atoms with Gasteiger partial charge in [0.1, 0.15) is 5.69 Å². The van der Waals surface area contributed by atoms with Gasteiger partial charge in [-0.2, -0.15) is 5.10 Å². The molecule has 1 aliphatic rings. The number of nitrogens with zero attached hydrogens (tertiary/aromatic N) is 4. The van der Waals surface area contributed by atoms with Crippen molar-refractivity contribution in [1.29, 1.82) is 0 Å². The van der Waals surface area contributed by atoms with Crippen LogP contribution in [0.1, 0.15) is 25.6 Å². The minimum Gasteiger partial charge on any atom is -0.374 e. The van der Waals surface area contributed by atoms with Gasteiger partial charge in [-0.15, -0.1) is 0 Å². The Morgan fingerprint density at radius 3 is 2.86 bits per heavy atom. The Hall–Kier alpha value is -1.67. The molecule has 0 aliphatic carbocycles. The molecule has 1 unspecified atom stereocenters. The maximum Gasteiger partial charge on any atom is 0.333 e. The second-order valence-electron chi connectivity index (χ2n) is 5.63. The fraction of sp³-hybridized carbons (Fsp3) is 0.769. The number of anilines is 1. The Kier molecular flexibility index (Phi) is 4.79. The molecule has 0 spiro atoms. The van der Waals surface area contributed by atoms with E-state index in [-0.39, 0.29) is 22.8 Å². The molecular formula is C13H23N5O3. The molecule has 0 aromatic carbocycles. The van der Waals surface area contributed by atoms with Gasteiger partial charge in [0.05, 0.1) is 17.6 Å². The van der Waals surface area contributed by atoms with Crippen molar-refractivity contribution in [2.45, 2.75) is 32.9 Å². The number of hydrogen-bond acceptors (Lipinski definition) is 6. The van der Waals surface area contributed by atoms with E-state index in [1.807, 2.05) is 25.8 Å². The molecule has 1 aromatic rings. The quantitative estimate of drug-likeness (QED) is 0.647. The maximum atomic E-state index is 11.4. The lowest BCUT2D eigenvalue weighted by atomic mass is 10.2. The van der Waals surface area contributed by atoms with Crippen LogP contribution in [0.5, 0.6) is 0 Å². The van der Waals surface area contributed by atoms with E-state index in [0.29, 0.717) is 24.7 Å². The minimum absolute atomic E-state index is 0.0270. The van der Waals surface area contributed by atoms with Gasteiger partial charge in [-0.05, 0) is 20.8 Å². The Balaban J connectivity index is 2.29. The van der Waals surface area contributed by atoms with Crippen LogP contribution in [0.4, 0.5) is 11.5 Å². The molecule has 1 saturated heterocycles. The summed E-state index contributed by atoms with van der Waals surface area (Å²) in [5.74, 6) is 0.543. The molecule has 8 nitrogen and oxygen atoms in total. The van der Waals surface area contributed by atoms with Gasteiger partial charge in [0.25, 0.3) is 0 Å². The molecule has 2 heterocycles. The normalized spacial score (nSPS) is 19.0. The highest BCUT2D eigenvalue weighted by atomic mass is 16.6. The van der Waals surface area contributed by atoms with Crippen molar-refractivity contribution in [2.24, 2.45) is 0 Å². The van der Waals surface area contributed by atoms with Crippen LogP contribution < -0.4 is 10.2 Å². The number of rotatable bonds is 5. The highest BCUT2D eigenvalue weighted by Crippen LogP contribution is 2.33. The number of hydrogen-bond donors (Lipinski definition) is 1. The fourth-order valence-corrected chi connectivity index (χ4v) is 2.59. The first-order valence-electron chi connectivity index (χ1n) is 7.18. The number of morpholine rings is 1. The first-order valence-corrected chi connectivity index (χ1v) is 7.18. The van der Waals surface area contributed by atoms with E-state index in [0.717, 1.165) is 13.1 Å². The first-order chi connectivity index (χ1) is 9.91. The Morgan fingerprint density at radius 2 is 2.33 bits per heavy atom. The van der Waals surface area contributed by atoms with Gasteiger partial charge in [-0.1, -0.05) is 0 Å². The SMILES string of the molecule is Cc1nn(C(C)C)c(N(C)CC2CNCCO2)c1[N+](=O)[O-]. The zero-order chi connectivity index (χ0) is 15.6. The largest absolute Gasteiger partial charge is 0.374 e. The number of ether oxygens (including phenoxy) is 1. The molecule has 118 valence electrons. The number of nitrogens with one attached hydrogen (secondary N) is 1. The van der Waals surface area contributed by atoms with Crippen molar-refractivity contribution in [2.75, 3.05) is 38.2 Å². The van der Waals surface area contributed by atoms with E-state index in [4.69, 9.17) is 4.74 Å². The average molecular weight is 297 g/mol. The van der Waals surface area contributed by atoms with Crippen LogP contribution in [-0.2, 0) is 4.74 Å². The molecule has 1 aliphatic heterocycles. The molecule has 1 aromatic heterocycles. The van der Waals surface area contributed by atoms with Gasteiger partial charge in [0.2, 0.25) is 5.82 Å². The molecule has 8 heteroatoms. The number of likely N-dealkylation sites (N-methyl/N-ethyl adjacent to an activating group) is 1.